The summed E-state index contributed by atoms with van der Waals surface area (Å²) in [5.74, 6) is -1.26. The van der Waals surface area contributed by atoms with E-state index in [4.69, 9.17) is 11.6 Å². The molecule has 0 bridgehead atoms. The minimum atomic E-state index is -1.11. The van der Waals surface area contributed by atoms with Crippen LogP contribution in [0.1, 0.15) is 28.7 Å². The first-order valence-electron chi connectivity index (χ1n) is 14.1. The van der Waals surface area contributed by atoms with E-state index < -0.39 is 23.3 Å². The van der Waals surface area contributed by atoms with Crippen LogP contribution in [-0.4, -0.2) is 53.5 Å². The molecule has 10 heteroatoms. The van der Waals surface area contributed by atoms with Gasteiger partial charge in [-0.05, 0) is 59.4 Å². The average Bonchev–Trinajstić information content (AvgIpc) is 3.31. The number of amides is 3. The monoisotopic (exact) mass is 587 g/mol. The van der Waals surface area contributed by atoms with Crippen molar-refractivity contribution >= 4 is 35.0 Å². The number of carbonyl (C=O) groups excluding carboxylic acids is 3. The van der Waals surface area contributed by atoms with E-state index in [9.17, 15) is 18.8 Å². The second kappa shape index (κ2) is 11.7. The van der Waals surface area contributed by atoms with Crippen LogP contribution in [0.2, 0.25) is 5.02 Å². The van der Waals surface area contributed by atoms with Gasteiger partial charge in [0.1, 0.15) is 17.3 Å². The zero-order valence-corrected chi connectivity index (χ0v) is 23.7. The molecule has 1 saturated heterocycles. The van der Waals surface area contributed by atoms with Gasteiger partial charge in [0, 0.05) is 37.5 Å². The summed E-state index contributed by atoms with van der Waals surface area (Å²) in [6.45, 7) is 0.991. The Labute approximate surface area is 248 Å². The fourth-order valence-electron chi connectivity index (χ4n) is 6.18. The molecular formula is C32H31ClFN5O3. The van der Waals surface area contributed by atoms with Crippen molar-refractivity contribution in [1.29, 1.82) is 0 Å². The number of benzene rings is 3. The van der Waals surface area contributed by atoms with Crippen LogP contribution >= 0.6 is 11.6 Å². The molecule has 0 aromatic heterocycles. The molecular weight excluding hydrogens is 557 g/mol. The normalized spacial score (nSPS) is 22.0. The number of nitrogens with one attached hydrogen (secondary N) is 3. The number of nitrogens with zero attached hydrogens (tertiary/aromatic N) is 2. The summed E-state index contributed by atoms with van der Waals surface area (Å²) in [6.07, 6.45) is 1.37. The molecule has 3 aliphatic rings. The van der Waals surface area contributed by atoms with Crippen LogP contribution in [0.15, 0.2) is 77.9 Å². The van der Waals surface area contributed by atoms with E-state index in [0.717, 1.165) is 16.7 Å². The first kappa shape index (κ1) is 28.1. The quantitative estimate of drug-likeness (QED) is 0.395. The molecule has 3 heterocycles. The van der Waals surface area contributed by atoms with Crippen LogP contribution in [0, 0.1) is 11.2 Å². The van der Waals surface area contributed by atoms with E-state index in [0.29, 0.717) is 42.2 Å². The SMILES string of the molecule is O=C(N[C@H](Cc1ccc(Cl)cc1)C(=O)N1CCC2=NNC(=O)[C@]2(Cc2cccc(F)c2)C1)[C@H]1Cc2ccccc2CN1. The van der Waals surface area contributed by atoms with Gasteiger partial charge >= 0.3 is 0 Å². The first-order valence-corrected chi connectivity index (χ1v) is 14.4. The molecule has 3 N–H and O–H groups in total. The minimum Gasteiger partial charge on any atom is -0.343 e. The molecule has 3 atom stereocenters. The maximum Gasteiger partial charge on any atom is 0.254 e. The van der Waals surface area contributed by atoms with Crippen molar-refractivity contribution in [1.82, 2.24) is 21.0 Å². The summed E-state index contributed by atoms with van der Waals surface area (Å²) in [6, 6.07) is 19.9. The molecule has 0 radical (unpaired) electrons. The van der Waals surface area contributed by atoms with Gasteiger partial charge < -0.3 is 15.5 Å². The van der Waals surface area contributed by atoms with Crippen molar-refractivity contribution in [3.63, 3.8) is 0 Å². The number of halogens is 2. The first-order chi connectivity index (χ1) is 20.3. The van der Waals surface area contributed by atoms with Crippen molar-refractivity contribution in [2.24, 2.45) is 10.5 Å². The number of fused-ring (bicyclic) bond motifs is 2. The summed E-state index contributed by atoms with van der Waals surface area (Å²) in [7, 11) is 0. The summed E-state index contributed by atoms with van der Waals surface area (Å²) in [5, 5.41) is 11.1. The van der Waals surface area contributed by atoms with E-state index in [2.05, 4.69) is 21.2 Å². The van der Waals surface area contributed by atoms with Gasteiger partial charge in [-0.15, -0.1) is 0 Å². The van der Waals surface area contributed by atoms with Gasteiger partial charge in [0.15, 0.2) is 0 Å². The smallest absolute Gasteiger partial charge is 0.254 e. The zero-order chi connectivity index (χ0) is 29.3. The van der Waals surface area contributed by atoms with Crippen molar-refractivity contribution < 1.29 is 18.8 Å². The summed E-state index contributed by atoms with van der Waals surface area (Å²) >= 11 is 6.09. The lowest BCUT2D eigenvalue weighted by atomic mass is 9.73. The predicted octanol–water partition coefficient (Wildman–Crippen LogP) is 3.17. The van der Waals surface area contributed by atoms with E-state index in [-0.39, 0.29) is 37.1 Å². The topological polar surface area (TPSA) is 103 Å². The van der Waals surface area contributed by atoms with Gasteiger partial charge in [-0.2, -0.15) is 5.10 Å². The number of piperidine rings is 1. The molecule has 6 rings (SSSR count). The molecule has 3 aliphatic heterocycles. The Morgan fingerprint density at radius 1 is 1.07 bits per heavy atom. The Kier molecular flexibility index (Phi) is 7.79. The van der Waals surface area contributed by atoms with Gasteiger partial charge in [0.2, 0.25) is 11.8 Å². The molecule has 1 fully saturated rings. The third-order valence-electron chi connectivity index (χ3n) is 8.43. The second-order valence-electron chi connectivity index (χ2n) is 11.2. The highest BCUT2D eigenvalue weighted by Gasteiger charge is 2.52. The lowest BCUT2D eigenvalue weighted by molar-refractivity contribution is -0.140. The molecule has 3 amide bonds. The third-order valence-corrected chi connectivity index (χ3v) is 8.68. The number of hydrogen-bond acceptors (Lipinski definition) is 5. The van der Waals surface area contributed by atoms with Crippen molar-refractivity contribution in [3.8, 4) is 0 Å². The maximum atomic E-state index is 14.2. The van der Waals surface area contributed by atoms with Crippen LogP contribution in [0.3, 0.4) is 0 Å². The number of carbonyl (C=O) groups is 3. The van der Waals surface area contributed by atoms with Crippen molar-refractivity contribution in [2.45, 2.75) is 44.3 Å². The highest BCUT2D eigenvalue weighted by molar-refractivity contribution is 6.30. The Bertz CT molecular complexity index is 1560. The fraction of sp³-hybridized carbons (Fsp3) is 0.312. The summed E-state index contributed by atoms with van der Waals surface area (Å²) in [4.78, 5) is 42.6. The van der Waals surface area contributed by atoms with Crippen LogP contribution < -0.4 is 16.1 Å². The largest absolute Gasteiger partial charge is 0.343 e. The fourth-order valence-corrected chi connectivity index (χ4v) is 6.30. The third kappa shape index (κ3) is 5.67. The Balaban J connectivity index is 1.24. The van der Waals surface area contributed by atoms with Gasteiger partial charge in [0.05, 0.1) is 11.8 Å². The van der Waals surface area contributed by atoms with E-state index >= 15 is 0 Å². The van der Waals surface area contributed by atoms with Crippen LogP contribution in [-0.2, 0) is 40.2 Å². The summed E-state index contributed by atoms with van der Waals surface area (Å²) in [5.41, 5.74) is 5.87. The molecule has 3 aromatic rings. The lowest BCUT2D eigenvalue weighted by Gasteiger charge is -2.40. The Morgan fingerprint density at radius 2 is 1.86 bits per heavy atom. The van der Waals surface area contributed by atoms with Crippen LogP contribution in [0.25, 0.3) is 0 Å². The molecule has 8 nitrogen and oxygen atoms in total. The highest BCUT2D eigenvalue weighted by atomic mass is 35.5. The van der Waals surface area contributed by atoms with Crippen molar-refractivity contribution in [3.05, 3.63) is 106 Å². The lowest BCUT2D eigenvalue weighted by Crippen LogP contribution is -2.60. The Morgan fingerprint density at radius 3 is 2.64 bits per heavy atom. The number of rotatable bonds is 7. The molecule has 0 aliphatic carbocycles. The zero-order valence-electron chi connectivity index (χ0n) is 22.9. The van der Waals surface area contributed by atoms with E-state index in [1.165, 1.54) is 12.1 Å². The number of likely N-dealkylation sites (tertiary alicyclic amines) is 1. The average molecular weight is 588 g/mol. The predicted molar refractivity (Wildman–Crippen MR) is 157 cm³/mol. The maximum absolute atomic E-state index is 14.2. The van der Waals surface area contributed by atoms with Gasteiger partial charge in [-0.1, -0.05) is 60.1 Å². The van der Waals surface area contributed by atoms with E-state index in [1.54, 1.807) is 29.2 Å². The highest BCUT2D eigenvalue weighted by Crippen LogP contribution is 2.35. The summed E-state index contributed by atoms with van der Waals surface area (Å²) < 4.78 is 14.0. The number of hydrogen-bond donors (Lipinski definition) is 3. The molecule has 0 saturated carbocycles. The second-order valence-corrected chi connectivity index (χ2v) is 11.6. The van der Waals surface area contributed by atoms with Crippen molar-refractivity contribution in [2.75, 3.05) is 13.1 Å². The molecule has 42 heavy (non-hydrogen) atoms. The molecule has 0 spiro atoms. The minimum absolute atomic E-state index is 0.0784. The van der Waals surface area contributed by atoms with Gasteiger partial charge in [-0.3, -0.25) is 14.4 Å². The Hall–Kier alpha value is -4.08. The van der Waals surface area contributed by atoms with Crippen LogP contribution in [0.4, 0.5) is 4.39 Å². The number of hydrazone groups is 1. The standard InChI is InChI=1S/C32H31ClFN5O3/c33-24-10-8-20(9-11-24)15-27(36-29(40)26-16-22-5-1-2-6-23(22)18-35-26)30(41)39-13-12-28-32(19-39,31(42)38-37-28)17-21-4-3-7-25(34)14-21/h1-11,14,26-27,35H,12-13,15-19H2,(H,36,40)(H,38,42)/t26-,27-,32-/m1/s1. The molecule has 3 aromatic carbocycles. The molecule has 216 valence electrons. The van der Waals surface area contributed by atoms with E-state index in [1.807, 2.05) is 36.4 Å². The van der Waals surface area contributed by atoms with Crippen LogP contribution in [0.5, 0.6) is 0 Å². The van der Waals surface area contributed by atoms with Gasteiger partial charge in [-0.25, -0.2) is 9.82 Å². The molecule has 0 unspecified atom stereocenters. The van der Waals surface area contributed by atoms with Gasteiger partial charge in [0.25, 0.3) is 5.91 Å².